The van der Waals surface area contributed by atoms with Crippen LogP contribution in [0.2, 0.25) is 0 Å². The van der Waals surface area contributed by atoms with Crippen LogP contribution in [0.3, 0.4) is 0 Å². The molecule has 0 saturated carbocycles. The summed E-state index contributed by atoms with van der Waals surface area (Å²) >= 11 is 0. The Morgan fingerprint density at radius 2 is 1.96 bits per heavy atom. The summed E-state index contributed by atoms with van der Waals surface area (Å²) in [5.41, 5.74) is 0.481. The first kappa shape index (κ1) is 16.2. The first-order valence-electron chi connectivity index (χ1n) is 6.97. The van der Waals surface area contributed by atoms with Gasteiger partial charge in [0.25, 0.3) is 0 Å². The molecule has 1 aliphatic rings. The quantitative estimate of drug-likeness (QED) is 0.623. The molecule has 124 valence electrons. The highest BCUT2D eigenvalue weighted by atomic mass is 32.2. The van der Waals surface area contributed by atoms with E-state index in [9.17, 15) is 13.2 Å². The Kier molecular flexibility index (Phi) is 4.08. The second kappa shape index (κ2) is 6.06. The van der Waals surface area contributed by atoms with Gasteiger partial charge >= 0.3 is 5.97 Å². The van der Waals surface area contributed by atoms with E-state index in [0.29, 0.717) is 11.3 Å². The van der Waals surface area contributed by atoms with Gasteiger partial charge in [0.2, 0.25) is 15.9 Å². The van der Waals surface area contributed by atoms with Gasteiger partial charge in [-0.2, -0.15) is 0 Å². The number of carbonyl (C=O) groups is 1. The van der Waals surface area contributed by atoms with Gasteiger partial charge in [0, 0.05) is 25.7 Å². The van der Waals surface area contributed by atoms with Crippen molar-refractivity contribution in [2.24, 2.45) is 4.99 Å². The average molecular weight is 346 g/mol. The summed E-state index contributed by atoms with van der Waals surface area (Å²) < 4.78 is 35.8. The smallest absolute Gasteiger partial charge is 0.363 e. The molecule has 3 rings (SSSR count). The molecule has 1 aromatic carbocycles. The highest BCUT2D eigenvalue weighted by Crippen LogP contribution is 2.21. The highest BCUT2D eigenvalue weighted by Gasteiger charge is 2.26. The zero-order valence-corrected chi connectivity index (χ0v) is 13.8. The van der Waals surface area contributed by atoms with Crippen molar-refractivity contribution in [2.75, 3.05) is 14.1 Å². The number of esters is 1. The minimum absolute atomic E-state index is 0.0496. The standard InChI is InChI=1S/C16H14N2O5S/c1-18(2)24(20,21)13-7-3-5-11(9-13)15-17-14(16(19)23-15)10-12-6-4-8-22-12/h3-10H,1-2H3/b14-10+. The Morgan fingerprint density at radius 1 is 1.17 bits per heavy atom. The number of furan rings is 1. The second-order valence-electron chi connectivity index (χ2n) is 5.17. The summed E-state index contributed by atoms with van der Waals surface area (Å²) in [5.74, 6) is -0.105. The minimum Gasteiger partial charge on any atom is -0.465 e. The van der Waals surface area contributed by atoms with Crippen LogP contribution in [0.5, 0.6) is 0 Å². The fourth-order valence-corrected chi connectivity index (χ4v) is 2.99. The van der Waals surface area contributed by atoms with Crippen LogP contribution in [0.15, 0.2) is 62.7 Å². The Morgan fingerprint density at radius 3 is 2.62 bits per heavy atom. The van der Waals surface area contributed by atoms with Crippen LogP contribution in [0.4, 0.5) is 0 Å². The molecule has 2 aromatic rings. The van der Waals surface area contributed by atoms with Crippen molar-refractivity contribution < 1.29 is 22.4 Å². The lowest BCUT2D eigenvalue weighted by Gasteiger charge is -2.11. The Labute approximate surface area is 138 Å². The molecule has 0 unspecified atom stereocenters. The second-order valence-corrected chi connectivity index (χ2v) is 7.32. The van der Waals surface area contributed by atoms with Crippen LogP contribution in [0.1, 0.15) is 11.3 Å². The molecule has 0 atom stereocenters. The van der Waals surface area contributed by atoms with Crippen LogP contribution >= 0.6 is 0 Å². The van der Waals surface area contributed by atoms with Crippen molar-refractivity contribution in [2.45, 2.75) is 4.90 Å². The number of rotatable bonds is 4. The van der Waals surface area contributed by atoms with E-state index in [2.05, 4.69) is 4.99 Å². The molecule has 1 aliphatic heterocycles. The van der Waals surface area contributed by atoms with E-state index >= 15 is 0 Å². The van der Waals surface area contributed by atoms with Gasteiger partial charge in [0.1, 0.15) is 5.76 Å². The van der Waals surface area contributed by atoms with Crippen LogP contribution in [0, 0.1) is 0 Å². The minimum atomic E-state index is -3.59. The van der Waals surface area contributed by atoms with E-state index in [0.717, 1.165) is 4.31 Å². The molecule has 0 N–H and O–H groups in total. The number of cyclic esters (lactones) is 1. The largest absolute Gasteiger partial charge is 0.465 e. The monoisotopic (exact) mass is 346 g/mol. The van der Waals surface area contributed by atoms with Gasteiger partial charge in [-0.1, -0.05) is 6.07 Å². The predicted octanol–water partition coefficient (Wildman–Crippen LogP) is 1.87. The number of nitrogens with zero attached hydrogens (tertiary/aromatic N) is 2. The topological polar surface area (TPSA) is 89.2 Å². The van der Waals surface area contributed by atoms with E-state index in [4.69, 9.17) is 9.15 Å². The molecule has 24 heavy (non-hydrogen) atoms. The molecule has 0 spiro atoms. The molecular formula is C16H14N2O5S. The molecule has 2 heterocycles. The van der Waals surface area contributed by atoms with Gasteiger partial charge in [-0.15, -0.1) is 0 Å². The lowest BCUT2D eigenvalue weighted by molar-refractivity contribution is -0.129. The van der Waals surface area contributed by atoms with E-state index < -0.39 is 16.0 Å². The van der Waals surface area contributed by atoms with Crippen molar-refractivity contribution >= 4 is 28.0 Å². The first-order chi connectivity index (χ1) is 11.4. The molecule has 0 fully saturated rings. The average Bonchev–Trinajstić information content (AvgIpc) is 3.18. The number of benzene rings is 1. The third-order valence-electron chi connectivity index (χ3n) is 3.30. The molecule has 0 bridgehead atoms. The lowest BCUT2D eigenvalue weighted by atomic mass is 10.2. The molecule has 8 heteroatoms. The molecule has 0 radical (unpaired) electrons. The van der Waals surface area contributed by atoms with Crippen LogP contribution in [0.25, 0.3) is 6.08 Å². The molecule has 0 amide bonds. The Bertz CT molecular complexity index is 941. The summed E-state index contributed by atoms with van der Waals surface area (Å²) in [5, 5.41) is 0. The van der Waals surface area contributed by atoms with Crippen molar-refractivity contribution in [1.29, 1.82) is 0 Å². The van der Waals surface area contributed by atoms with Crippen molar-refractivity contribution in [3.8, 4) is 0 Å². The number of hydrogen-bond donors (Lipinski definition) is 0. The van der Waals surface area contributed by atoms with Crippen molar-refractivity contribution in [3.05, 3.63) is 59.7 Å². The van der Waals surface area contributed by atoms with Gasteiger partial charge in [0.15, 0.2) is 5.70 Å². The molecular weight excluding hydrogens is 332 g/mol. The van der Waals surface area contributed by atoms with Gasteiger partial charge < -0.3 is 9.15 Å². The van der Waals surface area contributed by atoms with E-state index in [1.165, 1.54) is 38.6 Å². The SMILES string of the molecule is CN(C)S(=O)(=O)c1cccc(C2=N/C(=C/c3ccco3)C(=O)O2)c1. The highest BCUT2D eigenvalue weighted by molar-refractivity contribution is 7.89. The summed E-state index contributed by atoms with van der Waals surface area (Å²) in [4.78, 5) is 16.1. The van der Waals surface area contributed by atoms with Crippen LogP contribution in [-0.4, -0.2) is 38.7 Å². The van der Waals surface area contributed by atoms with Gasteiger partial charge in [-0.05, 0) is 30.3 Å². The maximum atomic E-state index is 12.2. The van der Waals surface area contributed by atoms with Crippen LogP contribution < -0.4 is 0 Å². The fourth-order valence-electron chi connectivity index (χ4n) is 2.04. The summed E-state index contributed by atoms with van der Waals surface area (Å²) in [6.07, 6.45) is 2.93. The summed E-state index contributed by atoms with van der Waals surface area (Å²) in [6, 6.07) is 9.44. The third-order valence-corrected chi connectivity index (χ3v) is 5.11. The van der Waals surface area contributed by atoms with Crippen LogP contribution in [-0.2, 0) is 19.6 Å². The number of sulfonamides is 1. The normalized spacial score (nSPS) is 16.5. The molecule has 0 aliphatic carbocycles. The third kappa shape index (κ3) is 3.01. The van der Waals surface area contributed by atoms with Crippen molar-refractivity contribution in [1.82, 2.24) is 4.31 Å². The zero-order chi connectivity index (χ0) is 17.3. The van der Waals surface area contributed by atoms with Gasteiger partial charge in [-0.3, -0.25) is 0 Å². The number of aliphatic imine (C=N–C) groups is 1. The number of carbonyl (C=O) groups excluding carboxylic acids is 1. The molecule has 1 aromatic heterocycles. The predicted molar refractivity (Wildman–Crippen MR) is 86.6 cm³/mol. The number of hydrogen-bond acceptors (Lipinski definition) is 6. The van der Waals surface area contributed by atoms with E-state index in [-0.39, 0.29) is 16.5 Å². The zero-order valence-electron chi connectivity index (χ0n) is 13.0. The Hall–Kier alpha value is -2.71. The first-order valence-corrected chi connectivity index (χ1v) is 8.41. The molecule has 0 saturated heterocycles. The summed E-state index contributed by atoms with van der Waals surface area (Å²) in [6.45, 7) is 0. The maximum Gasteiger partial charge on any atom is 0.363 e. The Balaban J connectivity index is 1.97. The lowest BCUT2D eigenvalue weighted by Crippen LogP contribution is -2.22. The van der Waals surface area contributed by atoms with Crippen molar-refractivity contribution in [3.63, 3.8) is 0 Å². The number of ether oxygens (including phenoxy) is 1. The van der Waals surface area contributed by atoms with E-state index in [1.54, 1.807) is 24.3 Å². The maximum absolute atomic E-state index is 12.2. The van der Waals surface area contributed by atoms with Gasteiger partial charge in [-0.25, -0.2) is 22.5 Å². The van der Waals surface area contributed by atoms with E-state index in [1.807, 2.05) is 0 Å². The fraction of sp³-hybridized carbons (Fsp3) is 0.125. The van der Waals surface area contributed by atoms with Gasteiger partial charge in [0.05, 0.1) is 11.2 Å². The summed E-state index contributed by atoms with van der Waals surface area (Å²) in [7, 11) is -0.701. The molecule has 7 nitrogen and oxygen atoms in total.